The molecule has 4 rings (SSSR count). The smallest absolute Gasteiger partial charge is 0.205 e. The molecule has 2 N–H and O–H groups in total. The number of hydrogen-bond acceptors (Lipinski definition) is 3. The van der Waals surface area contributed by atoms with Crippen LogP contribution >= 0.6 is 46.4 Å². The van der Waals surface area contributed by atoms with Gasteiger partial charge >= 0.3 is 0 Å². The van der Waals surface area contributed by atoms with Gasteiger partial charge < -0.3 is 10.5 Å². The van der Waals surface area contributed by atoms with E-state index in [1.165, 1.54) is 0 Å². The number of nitrogens with zero attached hydrogens (tertiary/aromatic N) is 1. The van der Waals surface area contributed by atoms with Crippen LogP contribution in [0.2, 0.25) is 20.1 Å². The van der Waals surface area contributed by atoms with Crippen LogP contribution in [0.15, 0.2) is 64.8 Å². The molecule has 0 fully saturated rings. The van der Waals surface area contributed by atoms with Gasteiger partial charge in [0.25, 0.3) is 0 Å². The van der Waals surface area contributed by atoms with E-state index >= 15 is 0 Å². The van der Waals surface area contributed by atoms with Gasteiger partial charge in [-0.2, -0.15) is 5.26 Å². The highest BCUT2D eigenvalue weighted by Gasteiger charge is 2.37. The molecular formula is C23H16Cl4N2O. The number of hydrogen-bond donors (Lipinski definition) is 1. The fourth-order valence-corrected chi connectivity index (χ4v) is 5.10. The number of halogens is 4. The van der Waals surface area contributed by atoms with E-state index < -0.39 is 5.92 Å². The first kappa shape index (κ1) is 21.2. The van der Waals surface area contributed by atoms with Crippen molar-refractivity contribution >= 4 is 52.5 Å². The molecule has 1 aliphatic carbocycles. The van der Waals surface area contributed by atoms with Crippen molar-refractivity contribution < 1.29 is 4.74 Å². The number of nitriles is 1. The zero-order valence-electron chi connectivity index (χ0n) is 15.7. The standard InChI is InChI=1S/C23H16Cl4N2O/c24-16-6-2-7-17(25)14(16)10-12-4-1-5-13-20(15(11-28)23(29)30-22(12)13)21-18(26)8-3-9-19(21)27/h2-3,6-10,20H,1,4-5,29H2/b12-10-/t20-/m1/s1. The zero-order chi connectivity index (χ0) is 21.4. The molecule has 3 nitrogen and oxygen atoms in total. The van der Waals surface area contributed by atoms with E-state index in [1.54, 1.807) is 36.4 Å². The lowest BCUT2D eigenvalue weighted by atomic mass is 9.77. The lowest BCUT2D eigenvalue weighted by Gasteiger charge is -2.34. The normalized spacial score (nSPS) is 20.1. The van der Waals surface area contributed by atoms with Gasteiger partial charge in [0.1, 0.15) is 17.4 Å². The van der Waals surface area contributed by atoms with E-state index in [-0.39, 0.29) is 5.88 Å². The number of allylic oxidation sites excluding steroid dienone is 3. The Morgan fingerprint density at radius 3 is 2.17 bits per heavy atom. The first-order chi connectivity index (χ1) is 14.4. The number of ether oxygens (including phenoxy) is 1. The minimum atomic E-state index is -0.467. The van der Waals surface area contributed by atoms with Gasteiger partial charge in [-0.1, -0.05) is 58.5 Å². The quantitative estimate of drug-likeness (QED) is 0.483. The van der Waals surface area contributed by atoms with Gasteiger partial charge in [-0.05, 0) is 60.8 Å². The third-order valence-electron chi connectivity index (χ3n) is 5.32. The number of rotatable bonds is 2. The van der Waals surface area contributed by atoms with Crippen LogP contribution in [-0.2, 0) is 4.74 Å². The third kappa shape index (κ3) is 3.70. The van der Waals surface area contributed by atoms with Crippen LogP contribution in [0.25, 0.3) is 6.08 Å². The summed E-state index contributed by atoms with van der Waals surface area (Å²) in [6.07, 6.45) is 4.29. The van der Waals surface area contributed by atoms with Gasteiger partial charge in [0.2, 0.25) is 5.88 Å². The molecule has 2 aromatic carbocycles. The summed E-state index contributed by atoms with van der Waals surface area (Å²) in [7, 11) is 0. The van der Waals surface area contributed by atoms with E-state index in [4.69, 9.17) is 56.9 Å². The molecule has 152 valence electrons. The molecule has 2 aromatic rings. The maximum Gasteiger partial charge on any atom is 0.205 e. The second kappa shape index (κ2) is 8.57. The molecule has 0 radical (unpaired) electrons. The molecule has 7 heteroatoms. The van der Waals surface area contributed by atoms with Crippen LogP contribution in [0.1, 0.15) is 36.3 Å². The SMILES string of the molecule is N#CC1=C(N)OC2=C(CCC/C2=C/c2c(Cl)cccc2Cl)[C@H]1c1c(Cl)cccc1Cl. The minimum Gasteiger partial charge on any atom is -0.440 e. The Hall–Kier alpha value is -2.09. The number of nitrogens with two attached hydrogens (primary N) is 1. The van der Waals surface area contributed by atoms with Gasteiger partial charge in [0.15, 0.2) is 0 Å². The maximum atomic E-state index is 9.81. The van der Waals surface area contributed by atoms with Crippen molar-refractivity contribution in [2.24, 2.45) is 5.73 Å². The van der Waals surface area contributed by atoms with Crippen molar-refractivity contribution in [3.63, 3.8) is 0 Å². The predicted molar refractivity (Wildman–Crippen MR) is 122 cm³/mol. The monoisotopic (exact) mass is 476 g/mol. The Balaban J connectivity index is 1.92. The van der Waals surface area contributed by atoms with Crippen molar-refractivity contribution in [3.05, 3.63) is 96.0 Å². The Labute approximate surface area is 194 Å². The van der Waals surface area contributed by atoms with Gasteiger partial charge in [0, 0.05) is 31.2 Å². The Morgan fingerprint density at radius 1 is 0.967 bits per heavy atom. The lowest BCUT2D eigenvalue weighted by Crippen LogP contribution is -2.24. The van der Waals surface area contributed by atoms with Gasteiger partial charge in [0.05, 0.1) is 5.92 Å². The fourth-order valence-electron chi connectivity index (χ4n) is 3.98. The number of benzene rings is 2. The largest absolute Gasteiger partial charge is 0.440 e. The average Bonchev–Trinajstić information content (AvgIpc) is 2.71. The summed E-state index contributed by atoms with van der Waals surface area (Å²) >= 11 is 25.7. The zero-order valence-corrected chi connectivity index (χ0v) is 18.7. The molecule has 0 saturated carbocycles. The summed E-state index contributed by atoms with van der Waals surface area (Å²) in [5.74, 6) is 0.218. The summed E-state index contributed by atoms with van der Waals surface area (Å²) in [5, 5.41) is 11.9. The van der Waals surface area contributed by atoms with E-state index in [2.05, 4.69) is 6.07 Å². The predicted octanol–water partition coefficient (Wildman–Crippen LogP) is 7.63. The third-order valence-corrected chi connectivity index (χ3v) is 6.64. The summed E-state index contributed by atoms with van der Waals surface area (Å²) in [4.78, 5) is 0. The molecule has 2 aliphatic rings. The van der Waals surface area contributed by atoms with Crippen LogP contribution < -0.4 is 5.73 Å². The summed E-state index contributed by atoms with van der Waals surface area (Å²) in [5.41, 5.74) is 9.70. The summed E-state index contributed by atoms with van der Waals surface area (Å²) < 4.78 is 5.96. The van der Waals surface area contributed by atoms with Crippen LogP contribution in [0.5, 0.6) is 0 Å². The first-order valence-electron chi connectivity index (χ1n) is 9.31. The topological polar surface area (TPSA) is 59.0 Å². The average molecular weight is 478 g/mol. The van der Waals surface area contributed by atoms with Gasteiger partial charge in [-0.15, -0.1) is 0 Å². The van der Waals surface area contributed by atoms with E-state index in [9.17, 15) is 5.26 Å². The molecule has 1 heterocycles. The van der Waals surface area contributed by atoms with E-state index in [0.717, 1.165) is 30.4 Å². The fraction of sp³-hybridized carbons (Fsp3) is 0.174. The Morgan fingerprint density at radius 2 is 1.57 bits per heavy atom. The van der Waals surface area contributed by atoms with Crippen LogP contribution in [-0.4, -0.2) is 0 Å². The van der Waals surface area contributed by atoms with Crippen LogP contribution in [0, 0.1) is 11.3 Å². The molecule has 30 heavy (non-hydrogen) atoms. The van der Waals surface area contributed by atoms with E-state index in [1.807, 2.05) is 6.08 Å². The van der Waals surface area contributed by atoms with Crippen molar-refractivity contribution in [3.8, 4) is 6.07 Å². The van der Waals surface area contributed by atoms with Crippen molar-refractivity contribution in [2.75, 3.05) is 0 Å². The molecular weight excluding hydrogens is 462 g/mol. The summed E-state index contributed by atoms with van der Waals surface area (Å²) in [6, 6.07) is 12.8. The van der Waals surface area contributed by atoms with Crippen LogP contribution in [0.4, 0.5) is 0 Å². The van der Waals surface area contributed by atoms with Crippen molar-refractivity contribution in [2.45, 2.75) is 25.2 Å². The van der Waals surface area contributed by atoms with Gasteiger partial charge in [-0.25, -0.2) is 0 Å². The first-order valence-corrected chi connectivity index (χ1v) is 10.8. The highest BCUT2D eigenvalue weighted by atomic mass is 35.5. The molecule has 1 atom stereocenters. The molecule has 0 aromatic heterocycles. The molecule has 0 saturated heterocycles. The molecule has 0 spiro atoms. The molecule has 0 unspecified atom stereocenters. The minimum absolute atomic E-state index is 0.0512. The van der Waals surface area contributed by atoms with Crippen LogP contribution in [0.3, 0.4) is 0 Å². The lowest BCUT2D eigenvalue weighted by molar-refractivity contribution is 0.277. The van der Waals surface area contributed by atoms with Crippen molar-refractivity contribution in [1.29, 1.82) is 5.26 Å². The second-order valence-electron chi connectivity index (χ2n) is 7.07. The maximum absolute atomic E-state index is 9.81. The second-order valence-corrected chi connectivity index (χ2v) is 8.70. The molecule has 1 aliphatic heterocycles. The summed E-state index contributed by atoms with van der Waals surface area (Å²) in [6.45, 7) is 0. The highest BCUT2D eigenvalue weighted by molar-refractivity contribution is 6.37. The van der Waals surface area contributed by atoms with Crippen molar-refractivity contribution in [1.82, 2.24) is 0 Å². The Bertz CT molecular complexity index is 1130. The van der Waals surface area contributed by atoms with E-state index in [0.29, 0.717) is 42.5 Å². The Kier molecular flexibility index (Phi) is 6.04. The molecule has 0 bridgehead atoms. The highest BCUT2D eigenvalue weighted by Crippen LogP contribution is 2.50. The van der Waals surface area contributed by atoms with Gasteiger partial charge in [-0.3, -0.25) is 0 Å². The molecule has 0 amide bonds.